The van der Waals surface area contributed by atoms with Crippen LogP contribution in [0.2, 0.25) is 0 Å². The summed E-state index contributed by atoms with van der Waals surface area (Å²) in [6.45, 7) is 2.07. The molecule has 0 atom stereocenters. The molecule has 0 radical (unpaired) electrons. The van der Waals surface area contributed by atoms with E-state index in [2.05, 4.69) is 68.4 Å². The van der Waals surface area contributed by atoms with E-state index < -0.39 is 0 Å². The van der Waals surface area contributed by atoms with Gasteiger partial charge < -0.3 is 9.64 Å². The Morgan fingerprint density at radius 3 is 1.80 bits per heavy atom. The van der Waals surface area contributed by atoms with Crippen LogP contribution < -0.4 is 9.64 Å². The number of nitrogens with zero attached hydrogens (tertiary/aromatic N) is 1. The van der Waals surface area contributed by atoms with Gasteiger partial charge in [-0.25, -0.2) is 0 Å². The van der Waals surface area contributed by atoms with E-state index in [1.807, 2.05) is 12.1 Å². The lowest BCUT2D eigenvalue weighted by Crippen LogP contribution is -2.08. The number of hydrogen-bond acceptors (Lipinski definition) is 2. The Morgan fingerprint density at radius 2 is 1.40 bits per heavy atom. The molecule has 104 valence electrons. The van der Waals surface area contributed by atoms with Crippen LogP contribution in [0.3, 0.4) is 0 Å². The molecule has 0 aliphatic rings. The second-order valence-electron chi connectivity index (χ2n) is 4.87. The molecule has 0 spiro atoms. The first kappa shape index (κ1) is 14.2. The molecular formula is C18H21NO. The minimum Gasteiger partial charge on any atom is -0.497 e. The van der Waals surface area contributed by atoms with E-state index in [9.17, 15) is 0 Å². The minimum absolute atomic E-state index is 0.882. The molecule has 2 rings (SSSR count). The normalized spacial score (nSPS) is 11.3. The Kier molecular flexibility index (Phi) is 4.46. The Morgan fingerprint density at radius 1 is 0.900 bits per heavy atom. The van der Waals surface area contributed by atoms with Crippen LogP contribution in [0, 0.1) is 0 Å². The molecule has 0 saturated carbocycles. The van der Waals surface area contributed by atoms with Crippen LogP contribution in [0.25, 0.3) is 5.57 Å². The molecular weight excluding hydrogens is 246 g/mol. The monoisotopic (exact) mass is 267 g/mol. The topological polar surface area (TPSA) is 12.5 Å². The SMILES string of the molecule is C/C=C(\c1ccc(OC)cc1)c1ccc(N(C)C)cc1. The summed E-state index contributed by atoms with van der Waals surface area (Å²) in [5.74, 6) is 0.882. The highest BCUT2D eigenvalue weighted by molar-refractivity contribution is 5.80. The van der Waals surface area contributed by atoms with E-state index in [1.165, 1.54) is 22.4 Å². The molecule has 0 heterocycles. The fourth-order valence-electron chi connectivity index (χ4n) is 2.21. The van der Waals surface area contributed by atoms with E-state index in [0.29, 0.717) is 0 Å². The van der Waals surface area contributed by atoms with Gasteiger partial charge in [0.2, 0.25) is 0 Å². The fraction of sp³-hybridized carbons (Fsp3) is 0.222. The van der Waals surface area contributed by atoms with E-state index >= 15 is 0 Å². The van der Waals surface area contributed by atoms with E-state index in [4.69, 9.17) is 4.74 Å². The van der Waals surface area contributed by atoms with Gasteiger partial charge in [-0.3, -0.25) is 0 Å². The molecule has 0 aliphatic carbocycles. The van der Waals surface area contributed by atoms with Gasteiger partial charge in [0.15, 0.2) is 0 Å². The van der Waals surface area contributed by atoms with Crippen molar-refractivity contribution in [2.75, 3.05) is 26.1 Å². The molecule has 0 amide bonds. The summed E-state index contributed by atoms with van der Waals surface area (Å²) in [5, 5.41) is 0. The summed E-state index contributed by atoms with van der Waals surface area (Å²) in [4.78, 5) is 2.10. The van der Waals surface area contributed by atoms with Crippen molar-refractivity contribution in [3.05, 3.63) is 65.7 Å². The molecule has 0 fully saturated rings. The molecule has 20 heavy (non-hydrogen) atoms. The van der Waals surface area contributed by atoms with Crippen LogP contribution in [-0.2, 0) is 0 Å². The Bertz CT molecular complexity index is 580. The summed E-state index contributed by atoms with van der Waals surface area (Å²) >= 11 is 0. The van der Waals surface area contributed by atoms with Crippen molar-refractivity contribution in [1.82, 2.24) is 0 Å². The third kappa shape index (κ3) is 3.02. The van der Waals surface area contributed by atoms with Gasteiger partial charge in [0, 0.05) is 19.8 Å². The van der Waals surface area contributed by atoms with Crippen LogP contribution in [0.1, 0.15) is 18.1 Å². The number of rotatable bonds is 4. The van der Waals surface area contributed by atoms with Gasteiger partial charge in [0.05, 0.1) is 7.11 Å². The lowest BCUT2D eigenvalue weighted by Gasteiger charge is -2.14. The molecule has 2 aromatic rings. The smallest absolute Gasteiger partial charge is 0.118 e. The quantitative estimate of drug-likeness (QED) is 0.822. The molecule has 0 aromatic heterocycles. The maximum Gasteiger partial charge on any atom is 0.118 e. The summed E-state index contributed by atoms with van der Waals surface area (Å²) < 4.78 is 5.21. The van der Waals surface area contributed by atoms with Crippen LogP contribution in [0.15, 0.2) is 54.6 Å². The zero-order valence-corrected chi connectivity index (χ0v) is 12.6. The number of anilines is 1. The second-order valence-corrected chi connectivity index (χ2v) is 4.87. The number of allylic oxidation sites excluding steroid dienone is 1. The molecule has 2 nitrogen and oxygen atoms in total. The highest BCUT2D eigenvalue weighted by Gasteiger charge is 2.05. The second kappa shape index (κ2) is 6.29. The first-order valence-corrected chi connectivity index (χ1v) is 6.74. The van der Waals surface area contributed by atoms with Crippen molar-refractivity contribution in [3.8, 4) is 5.75 Å². The molecule has 0 N–H and O–H groups in total. The van der Waals surface area contributed by atoms with Crippen molar-refractivity contribution in [1.29, 1.82) is 0 Å². The molecule has 0 aliphatic heterocycles. The molecule has 0 unspecified atom stereocenters. The Balaban J connectivity index is 2.32. The van der Waals surface area contributed by atoms with Crippen molar-refractivity contribution >= 4 is 11.3 Å². The first-order valence-electron chi connectivity index (χ1n) is 6.74. The Hall–Kier alpha value is -2.22. The lowest BCUT2D eigenvalue weighted by molar-refractivity contribution is 0.415. The van der Waals surface area contributed by atoms with Crippen LogP contribution in [0.5, 0.6) is 5.75 Å². The van der Waals surface area contributed by atoms with Gasteiger partial charge in [-0.2, -0.15) is 0 Å². The van der Waals surface area contributed by atoms with Gasteiger partial charge in [0.1, 0.15) is 5.75 Å². The number of benzene rings is 2. The van der Waals surface area contributed by atoms with Gasteiger partial charge >= 0.3 is 0 Å². The highest BCUT2D eigenvalue weighted by Crippen LogP contribution is 2.26. The van der Waals surface area contributed by atoms with Crippen molar-refractivity contribution in [3.63, 3.8) is 0 Å². The summed E-state index contributed by atoms with van der Waals surface area (Å²) in [7, 11) is 5.79. The fourth-order valence-corrected chi connectivity index (χ4v) is 2.21. The van der Waals surface area contributed by atoms with Crippen LogP contribution in [0.4, 0.5) is 5.69 Å². The van der Waals surface area contributed by atoms with E-state index in [-0.39, 0.29) is 0 Å². The van der Waals surface area contributed by atoms with Gasteiger partial charge in [-0.05, 0) is 47.9 Å². The maximum atomic E-state index is 5.21. The van der Waals surface area contributed by atoms with Gasteiger partial charge in [-0.1, -0.05) is 30.3 Å². The van der Waals surface area contributed by atoms with Crippen molar-refractivity contribution in [2.24, 2.45) is 0 Å². The molecule has 2 aromatic carbocycles. The van der Waals surface area contributed by atoms with Crippen LogP contribution in [-0.4, -0.2) is 21.2 Å². The van der Waals surface area contributed by atoms with E-state index in [0.717, 1.165) is 5.75 Å². The van der Waals surface area contributed by atoms with Crippen LogP contribution >= 0.6 is 0 Å². The van der Waals surface area contributed by atoms with Crippen molar-refractivity contribution < 1.29 is 4.74 Å². The summed E-state index contributed by atoms with van der Waals surface area (Å²) in [6, 6.07) is 16.8. The predicted octanol–water partition coefficient (Wildman–Crippen LogP) is 4.21. The average molecular weight is 267 g/mol. The largest absolute Gasteiger partial charge is 0.497 e. The van der Waals surface area contributed by atoms with Crippen molar-refractivity contribution in [2.45, 2.75) is 6.92 Å². The number of ether oxygens (including phenoxy) is 1. The predicted molar refractivity (Wildman–Crippen MR) is 86.5 cm³/mol. The molecule has 0 saturated heterocycles. The van der Waals surface area contributed by atoms with E-state index in [1.54, 1.807) is 7.11 Å². The number of methoxy groups -OCH3 is 1. The van der Waals surface area contributed by atoms with Gasteiger partial charge in [0.25, 0.3) is 0 Å². The lowest BCUT2D eigenvalue weighted by atomic mass is 9.97. The van der Waals surface area contributed by atoms with Gasteiger partial charge in [-0.15, -0.1) is 0 Å². The standard InChI is InChI=1S/C18H21NO/c1-5-18(15-8-12-17(20-4)13-9-15)14-6-10-16(11-7-14)19(2)3/h5-13H,1-4H3/b18-5-. The molecule has 0 bridgehead atoms. The highest BCUT2D eigenvalue weighted by atomic mass is 16.5. The third-order valence-electron chi connectivity index (χ3n) is 3.38. The Labute approximate surface area is 121 Å². The zero-order chi connectivity index (χ0) is 14.5. The average Bonchev–Trinajstić information content (AvgIpc) is 2.49. The zero-order valence-electron chi connectivity index (χ0n) is 12.6. The first-order chi connectivity index (χ1) is 9.65. The third-order valence-corrected chi connectivity index (χ3v) is 3.38. The maximum absolute atomic E-state index is 5.21. The molecule has 2 heteroatoms. The number of hydrogen-bond donors (Lipinski definition) is 0. The summed E-state index contributed by atoms with van der Waals surface area (Å²) in [6.07, 6.45) is 2.15. The minimum atomic E-state index is 0.882. The summed E-state index contributed by atoms with van der Waals surface area (Å²) in [5.41, 5.74) is 4.87.